The van der Waals surface area contributed by atoms with E-state index in [0.717, 1.165) is 22.9 Å². The standard InChI is InChI=1S/C23H29N3O6S/c1-15-11-16(2)13-18(12-15)14-32-20-7-5-19(6-8-20)23(25-33(4,30)31)9-10-26(22(23)28)17(3)21(27)24-29/h5-8,11-13,17,25,29H,9-10,14H2,1-4H3,(H,24,27)/t17?,23-/m1/s1. The average Bonchev–Trinajstić information content (AvgIpc) is 3.06. The van der Waals surface area contributed by atoms with E-state index >= 15 is 0 Å². The van der Waals surface area contributed by atoms with E-state index in [1.165, 1.54) is 17.3 Å². The highest BCUT2D eigenvalue weighted by Gasteiger charge is 2.51. The fourth-order valence-electron chi connectivity index (χ4n) is 4.24. The lowest BCUT2D eigenvalue weighted by atomic mass is 9.89. The van der Waals surface area contributed by atoms with Gasteiger partial charge >= 0.3 is 0 Å². The molecule has 2 aromatic carbocycles. The van der Waals surface area contributed by atoms with Crippen molar-refractivity contribution in [1.29, 1.82) is 0 Å². The second kappa shape index (κ2) is 9.50. The Bertz CT molecular complexity index is 1130. The average molecular weight is 476 g/mol. The normalized spacial score (nSPS) is 19.4. The summed E-state index contributed by atoms with van der Waals surface area (Å²) in [6.07, 6.45) is 1.11. The van der Waals surface area contributed by atoms with E-state index in [1.54, 1.807) is 24.3 Å². The molecule has 0 radical (unpaired) electrons. The van der Waals surface area contributed by atoms with Crippen molar-refractivity contribution in [2.24, 2.45) is 0 Å². The number of nitrogens with one attached hydrogen (secondary N) is 2. The first-order chi connectivity index (χ1) is 15.4. The first kappa shape index (κ1) is 24.7. The number of nitrogens with zero attached hydrogens (tertiary/aromatic N) is 1. The SMILES string of the molecule is Cc1cc(C)cc(COc2ccc([C@]3(NS(C)(=O)=O)CCN(C(C)C(=O)NO)C3=O)cc2)c1. The van der Waals surface area contributed by atoms with Gasteiger partial charge in [0, 0.05) is 6.54 Å². The van der Waals surface area contributed by atoms with Crippen LogP contribution in [0.4, 0.5) is 0 Å². The van der Waals surface area contributed by atoms with Crippen molar-refractivity contribution in [2.75, 3.05) is 12.8 Å². The number of sulfonamides is 1. The molecule has 0 bridgehead atoms. The van der Waals surface area contributed by atoms with Crippen LogP contribution in [0.3, 0.4) is 0 Å². The number of carbonyl (C=O) groups is 2. The summed E-state index contributed by atoms with van der Waals surface area (Å²) >= 11 is 0. The lowest BCUT2D eigenvalue weighted by molar-refractivity contribution is -0.143. The molecule has 178 valence electrons. The highest BCUT2D eigenvalue weighted by molar-refractivity contribution is 7.88. The van der Waals surface area contributed by atoms with Gasteiger partial charge in [-0.25, -0.2) is 13.9 Å². The molecule has 10 heteroatoms. The molecule has 9 nitrogen and oxygen atoms in total. The van der Waals surface area contributed by atoms with Gasteiger partial charge in [-0.3, -0.25) is 14.8 Å². The van der Waals surface area contributed by atoms with Gasteiger partial charge in [0.15, 0.2) is 0 Å². The Kier molecular flexibility index (Phi) is 7.11. The van der Waals surface area contributed by atoms with Crippen molar-refractivity contribution in [3.05, 3.63) is 64.7 Å². The van der Waals surface area contributed by atoms with E-state index in [1.807, 2.05) is 26.0 Å². The number of carbonyl (C=O) groups excluding carboxylic acids is 2. The van der Waals surface area contributed by atoms with Crippen molar-refractivity contribution in [2.45, 2.75) is 45.4 Å². The maximum Gasteiger partial charge on any atom is 0.265 e. The van der Waals surface area contributed by atoms with Gasteiger partial charge in [-0.2, -0.15) is 4.72 Å². The van der Waals surface area contributed by atoms with Gasteiger partial charge in [-0.15, -0.1) is 0 Å². The summed E-state index contributed by atoms with van der Waals surface area (Å²) in [7, 11) is -3.77. The predicted molar refractivity (Wildman–Crippen MR) is 122 cm³/mol. The Labute approximate surface area is 193 Å². The molecular formula is C23H29N3O6S. The van der Waals surface area contributed by atoms with Crippen LogP contribution < -0.4 is 14.9 Å². The molecule has 1 aliphatic heterocycles. The van der Waals surface area contributed by atoms with E-state index in [0.29, 0.717) is 17.9 Å². The van der Waals surface area contributed by atoms with Gasteiger partial charge < -0.3 is 9.64 Å². The molecule has 1 fully saturated rings. The number of likely N-dealkylation sites (tertiary alicyclic amines) is 1. The first-order valence-electron chi connectivity index (χ1n) is 10.5. The highest BCUT2D eigenvalue weighted by atomic mass is 32.2. The van der Waals surface area contributed by atoms with Crippen LogP contribution in [0.5, 0.6) is 5.75 Å². The van der Waals surface area contributed by atoms with Crippen molar-refractivity contribution in [1.82, 2.24) is 15.1 Å². The maximum atomic E-state index is 13.3. The highest BCUT2D eigenvalue weighted by Crippen LogP contribution is 2.36. The number of ether oxygens (including phenoxy) is 1. The van der Waals surface area contributed by atoms with Gasteiger partial charge in [0.2, 0.25) is 15.9 Å². The Hall–Kier alpha value is -2.95. The van der Waals surface area contributed by atoms with Gasteiger partial charge in [0.05, 0.1) is 6.26 Å². The molecule has 0 spiro atoms. The van der Waals surface area contributed by atoms with Crippen LogP contribution in [-0.4, -0.2) is 49.2 Å². The van der Waals surface area contributed by atoms with Crippen LogP contribution in [-0.2, 0) is 31.8 Å². The summed E-state index contributed by atoms with van der Waals surface area (Å²) in [6, 6.07) is 11.9. The summed E-state index contributed by atoms with van der Waals surface area (Å²) in [5.41, 5.74) is 3.74. The first-order valence-corrected chi connectivity index (χ1v) is 12.4. The molecule has 1 aliphatic rings. The largest absolute Gasteiger partial charge is 0.489 e. The molecule has 33 heavy (non-hydrogen) atoms. The molecule has 3 rings (SSSR count). The lowest BCUT2D eigenvalue weighted by Gasteiger charge is -2.30. The third kappa shape index (κ3) is 5.52. The molecule has 3 N–H and O–H groups in total. The number of hydroxylamine groups is 1. The monoisotopic (exact) mass is 475 g/mol. The third-order valence-corrected chi connectivity index (χ3v) is 6.42. The molecule has 2 aromatic rings. The molecule has 1 unspecified atom stereocenters. The number of hydrogen-bond acceptors (Lipinski definition) is 6. The minimum Gasteiger partial charge on any atom is -0.489 e. The summed E-state index contributed by atoms with van der Waals surface area (Å²) in [5, 5.41) is 8.92. The van der Waals surface area contributed by atoms with Crippen molar-refractivity contribution in [3.8, 4) is 5.75 Å². The fraction of sp³-hybridized carbons (Fsp3) is 0.391. The molecule has 0 aromatic heterocycles. The van der Waals surface area contributed by atoms with Crippen LogP contribution >= 0.6 is 0 Å². The lowest BCUT2D eigenvalue weighted by Crippen LogP contribution is -2.54. The molecule has 2 amide bonds. The van der Waals surface area contributed by atoms with E-state index < -0.39 is 33.4 Å². The van der Waals surface area contributed by atoms with Gasteiger partial charge in [0.25, 0.3) is 5.91 Å². The van der Waals surface area contributed by atoms with Crippen LogP contribution in [0.25, 0.3) is 0 Å². The number of amides is 2. The van der Waals surface area contributed by atoms with Gasteiger partial charge in [-0.1, -0.05) is 41.5 Å². The Morgan fingerprint density at radius 1 is 1.18 bits per heavy atom. The molecule has 0 saturated carbocycles. The number of rotatable bonds is 8. The summed E-state index contributed by atoms with van der Waals surface area (Å²) in [5.74, 6) is -0.746. The number of benzene rings is 2. The quantitative estimate of drug-likeness (QED) is 0.395. The molecule has 1 saturated heterocycles. The van der Waals surface area contributed by atoms with Gasteiger partial charge in [-0.05, 0) is 50.5 Å². The van der Waals surface area contributed by atoms with Crippen LogP contribution in [0.1, 0.15) is 35.6 Å². The molecule has 2 atom stereocenters. The Morgan fingerprint density at radius 2 is 1.79 bits per heavy atom. The zero-order chi connectivity index (χ0) is 24.4. The van der Waals surface area contributed by atoms with Crippen LogP contribution in [0, 0.1) is 13.8 Å². The van der Waals surface area contributed by atoms with E-state index in [-0.39, 0.29) is 13.0 Å². The summed E-state index contributed by atoms with van der Waals surface area (Å²) in [4.78, 5) is 26.4. The smallest absolute Gasteiger partial charge is 0.265 e. The van der Waals surface area contributed by atoms with E-state index in [9.17, 15) is 18.0 Å². The molecule has 0 aliphatic carbocycles. The van der Waals surface area contributed by atoms with E-state index in [2.05, 4.69) is 10.8 Å². The second-order valence-corrected chi connectivity index (χ2v) is 10.2. The second-order valence-electron chi connectivity index (χ2n) is 8.49. The van der Waals surface area contributed by atoms with Crippen LogP contribution in [0.15, 0.2) is 42.5 Å². The van der Waals surface area contributed by atoms with Crippen molar-refractivity contribution in [3.63, 3.8) is 0 Å². The third-order valence-electron chi connectivity index (χ3n) is 5.70. The summed E-state index contributed by atoms with van der Waals surface area (Å²) < 4.78 is 32.6. The van der Waals surface area contributed by atoms with Crippen LogP contribution in [0.2, 0.25) is 0 Å². The minimum absolute atomic E-state index is 0.130. The van der Waals surface area contributed by atoms with Crippen molar-refractivity contribution < 1.29 is 28.0 Å². The zero-order valence-corrected chi connectivity index (χ0v) is 19.9. The topological polar surface area (TPSA) is 125 Å². The summed E-state index contributed by atoms with van der Waals surface area (Å²) in [6.45, 7) is 6.01. The number of hydrogen-bond donors (Lipinski definition) is 3. The predicted octanol–water partition coefficient (Wildman–Crippen LogP) is 1.75. The zero-order valence-electron chi connectivity index (χ0n) is 19.1. The maximum absolute atomic E-state index is 13.3. The van der Waals surface area contributed by atoms with Crippen molar-refractivity contribution >= 4 is 21.8 Å². The molecular weight excluding hydrogens is 446 g/mol. The fourth-order valence-corrected chi connectivity index (χ4v) is 5.18. The Morgan fingerprint density at radius 3 is 2.33 bits per heavy atom. The van der Waals surface area contributed by atoms with E-state index in [4.69, 9.17) is 9.94 Å². The number of aryl methyl sites for hydroxylation is 2. The van der Waals surface area contributed by atoms with Gasteiger partial charge in [0.1, 0.15) is 23.9 Å². The Balaban J connectivity index is 1.85. The molecule has 1 heterocycles. The minimum atomic E-state index is -3.77.